The van der Waals surface area contributed by atoms with E-state index in [1.807, 2.05) is 13.8 Å². The van der Waals surface area contributed by atoms with Crippen molar-refractivity contribution in [3.63, 3.8) is 0 Å². The highest BCUT2D eigenvalue weighted by Crippen LogP contribution is 2.19. The van der Waals surface area contributed by atoms with E-state index in [0.717, 1.165) is 12.8 Å². The van der Waals surface area contributed by atoms with Crippen molar-refractivity contribution in [3.8, 4) is 0 Å². The summed E-state index contributed by atoms with van der Waals surface area (Å²) in [5.74, 6) is 0. The average Bonchev–Trinajstić information content (AvgIpc) is 2.88. The van der Waals surface area contributed by atoms with E-state index < -0.39 is 10.0 Å². The summed E-state index contributed by atoms with van der Waals surface area (Å²) in [7, 11) is -3.50. The minimum absolute atomic E-state index is 0.256. The van der Waals surface area contributed by atoms with Gasteiger partial charge in [-0.2, -0.15) is 0 Å². The van der Waals surface area contributed by atoms with Gasteiger partial charge in [-0.25, -0.2) is 22.8 Å². The van der Waals surface area contributed by atoms with E-state index in [1.165, 1.54) is 102 Å². The summed E-state index contributed by atoms with van der Waals surface area (Å²) < 4.78 is 27.8. The van der Waals surface area contributed by atoms with Crippen molar-refractivity contribution in [3.05, 3.63) is 24.3 Å². The van der Waals surface area contributed by atoms with E-state index in [9.17, 15) is 8.42 Å². The zero-order valence-electron chi connectivity index (χ0n) is 23.4. The van der Waals surface area contributed by atoms with E-state index in [0.29, 0.717) is 25.4 Å². The number of benzene rings is 1. The van der Waals surface area contributed by atoms with Crippen molar-refractivity contribution in [2.75, 3.05) is 25.0 Å². The van der Waals surface area contributed by atoms with Crippen LogP contribution in [0.5, 0.6) is 0 Å². The lowest BCUT2D eigenvalue weighted by atomic mass is 10.0. The Morgan fingerprint density at radius 1 is 0.611 bits per heavy atom. The third-order valence-electron chi connectivity index (χ3n) is 6.42. The van der Waals surface area contributed by atoms with Crippen LogP contribution in [0.25, 0.3) is 0 Å². The normalized spacial score (nSPS) is 11.8. The third kappa shape index (κ3) is 15.9. The molecule has 0 fully saturated rings. The molecule has 6 nitrogen and oxygen atoms in total. The van der Waals surface area contributed by atoms with Crippen LogP contribution in [0, 0.1) is 0 Å². The molecule has 1 aromatic rings. The topological polar surface area (TPSA) is 67.9 Å². The van der Waals surface area contributed by atoms with Gasteiger partial charge in [-0.15, -0.1) is 5.23 Å². The SMILES string of the molecule is CCCCCCCCCCCCCCCCCCCNS(=O)(=O)c1ccc(N(OCC)OCC)cc1. The number of anilines is 1. The molecule has 0 heterocycles. The van der Waals surface area contributed by atoms with E-state index in [2.05, 4.69) is 11.6 Å². The van der Waals surface area contributed by atoms with Crippen LogP contribution in [-0.4, -0.2) is 28.2 Å². The first-order valence-corrected chi connectivity index (χ1v) is 16.2. The van der Waals surface area contributed by atoms with Gasteiger partial charge in [0.05, 0.1) is 23.8 Å². The third-order valence-corrected chi connectivity index (χ3v) is 7.90. The molecular weight excluding hydrogens is 472 g/mol. The van der Waals surface area contributed by atoms with Crippen LogP contribution < -0.4 is 9.95 Å². The van der Waals surface area contributed by atoms with Gasteiger partial charge in [0.2, 0.25) is 10.0 Å². The van der Waals surface area contributed by atoms with Crippen molar-refractivity contribution in [2.45, 2.75) is 135 Å². The molecule has 36 heavy (non-hydrogen) atoms. The van der Waals surface area contributed by atoms with E-state index in [1.54, 1.807) is 24.3 Å². The lowest BCUT2D eigenvalue weighted by molar-refractivity contribution is -0.0817. The van der Waals surface area contributed by atoms with Gasteiger partial charge >= 0.3 is 0 Å². The maximum Gasteiger partial charge on any atom is 0.240 e. The average molecular weight is 527 g/mol. The quantitative estimate of drug-likeness (QED) is 0.102. The van der Waals surface area contributed by atoms with Gasteiger partial charge < -0.3 is 0 Å². The summed E-state index contributed by atoms with van der Waals surface area (Å²) >= 11 is 0. The molecule has 0 aliphatic carbocycles. The molecule has 0 atom stereocenters. The molecule has 0 aliphatic heterocycles. The number of rotatable bonds is 25. The second kappa shape index (κ2) is 21.9. The first kappa shape index (κ1) is 32.9. The predicted octanol–water partition coefficient (Wildman–Crippen LogP) is 8.33. The number of nitrogens with one attached hydrogen (secondary N) is 1. The van der Waals surface area contributed by atoms with Crippen molar-refractivity contribution >= 4 is 15.7 Å². The van der Waals surface area contributed by atoms with E-state index in [-0.39, 0.29) is 4.90 Å². The highest BCUT2D eigenvalue weighted by molar-refractivity contribution is 7.89. The molecule has 0 aromatic heterocycles. The van der Waals surface area contributed by atoms with Crippen LogP contribution in [-0.2, 0) is 19.7 Å². The second-order valence-electron chi connectivity index (χ2n) is 9.64. The molecule has 0 saturated heterocycles. The van der Waals surface area contributed by atoms with Crippen LogP contribution in [0.1, 0.15) is 130 Å². The Labute approximate surface area is 222 Å². The van der Waals surface area contributed by atoms with Crippen LogP contribution in [0.15, 0.2) is 29.2 Å². The summed E-state index contributed by atoms with van der Waals surface area (Å²) in [5, 5.41) is 1.32. The zero-order valence-corrected chi connectivity index (χ0v) is 24.3. The minimum atomic E-state index is -3.50. The zero-order chi connectivity index (χ0) is 26.3. The molecule has 7 heteroatoms. The maximum atomic E-state index is 12.5. The summed E-state index contributed by atoms with van der Waals surface area (Å²) in [5.41, 5.74) is 0.658. The van der Waals surface area contributed by atoms with Gasteiger partial charge in [0, 0.05) is 6.54 Å². The number of sulfonamides is 1. The monoisotopic (exact) mass is 526 g/mol. The van der Waals surface area contributed by atoms with E-state index in [4.69, 9.17) is 9.68 Å². The molecule has 1 rings (SSSR count). The second-order valence-corrected chi connectivity index (χ2v) is 11.4. The molecule has 0 aliphatic rings. The van der Waals surface area contributed by atoms with Gasteiger partial charge in [-0.1, -0.05) is 110 Å². The predicted molar refractivity (Wildman–Crippen MR) is 152 cm³/mol. The summed E-state index contributed by atoms with van der Waals surface area (Å²) in [4.78, 5) is 11.1. The minimum Gasteiger partial charge on any atom is -0.249 e. The van der Waals surface area contributed by atoms with Gasteiger partial charge in [0.15, 0.2) is 0 Å². The fraction of sp³-hybridized carbons (Fsp3) is 0.793. The molecule has 1 N–H and O–H groups in total. The molecule has 0 spiro atoms. The number of nitrogens with zero attached hydrogens (tertiary/aromatic N) is 1. The molecule has 0 radical (unpaired) electrons. The highest BCUT2D eigenvalue weighted by Gasteiger charge is 2.15. The van der Waals surface area contributed by atoms with Crippen molar-refractivity contribution in [1.82, 2.24) is 4.72 Å². The fourth-order valence-corrected chi connectivity index (χ4v) is 5.38. The Hall–Kier alpha value is -1.15. The Bertz CT molecular complexity index is 719. The smallest absolute Gasteiger partial charge is 0.240 e. The first-order chi connectivity index (χ1) is 17.5. The van der Waals surface area contributed by atoms with Crippen molar-refractivity contribution < 1.29 is 18.1 Å². The maximum absolute atomic E-state index is 12.5. The van der Waals surface area contributed by atoms with E-state index >= 15 is 0 Å². The molecule has 1 aromatic carbocycles. The fourth-order valence-electron chi connectivity index (χ4n) is 4.31. The summed E-state index contributed by atoms with van der Waals surface area (Å²) in [6.45, 7) is 7.41. The molecular formula is C29H54N2O4S. The molecule has 0 amide bonds. The van der Waals surface area contributed by atoms with Crippen molar-refractivity contribution in [1.29, 1.82) is 0 Å². The van der Waals surface area contributed by atoms with Gasteiger partial charge in [0.25, 0.3) is 0 Å². The number of unbranched alkanes of at least 4 members (excludes halogenated alkanes) is 16. The number of hydrogen-bond acceptors (Lipinski definition) is 5. The summed E-state index contributed by atoms with van der Waals surface area (Å²) in [6.07, 6.45) is 22.4. The molecule has 210 valence electrons. The Morgan fingerprint density at radius 2 is 1.00 bits per heavy atom. The van der Waals surface area contributed by atoms with Gasteiger partial charge in [-0.05, 0) is 44.5 Å². The van der Waals surface area contributed by atoms with Crippen LogP contribution >= 0.6 is 0 Å². The first-order valence-electron chi connectivity index (χ1n) is 14.7. The van der Waals surface area contributed by atoms with Crippen LogP contribution in [0.2, 0.25) is 0 Å². The Balaban J connectivity index is 2.03. The number of hydrogen-bond donors (Lipinski definition) is 1. The Morgan fingerprint density at radius 3 is 1.39 bits per heavy atom. The van der Waals surface area contributed by atoms with Crippen LogP contribution in [0.3, 0.4) is 0 Å². The largest absolute Gasteiger partial charge is 0.249 e. The molecule has 0 bridgehead atoms. The standard InChI is InChI=1S/C29H54N2O4S/c1-4-7-8-9-10-11-12-13-14-15-16-17-18-19-20-21-22-27-30-36(32,33)29-25-23-28(24-26-29)31(34-5-2)35-6-3/h23-26,30H,4-22,27H2,1-3H3. The molecule has 0 unspecified atom stereocenters. The Kier molecular flexibility index (Phi) is 20.0. The lowest BCUT2D eigenvalue weighted by Gasteiger charge is -2.21. The van der Waals surface area contributed by atoms with Gasteiger partial charge in [-0.3, -0.25) is 0 Å². The lowest BCUT2D eigenvalue weighted by Crippen LogP contribution is -2.26. The van der Waals surface area contributed by atoms with Crippen molar-refractivity contribution in [2.24, 2.45) is 0 Å². The van der Waals surface area contributed by atoms with Crippen LogP contribution in [0.4, 0.5) is 5.69 Å². The van der Waals surface area contributed by atoms with Gasteiger partial charge in [0.1, 0.15) is 0 Å². The molecule has 0 saturated carbocycles. The highest BCUT2D eigenvalue weighted by atomic mass is 32.2. The summed E-state index contributed by atoms with van der Waals surface area (Å²) in [6, 6.07) is 6.54.